The Kier molecular flexibility index (Phi) is 5.95. The monoisotopic (exact) mass is 517 g/mol. The number of fused-ring (bicyclic) bond motifs is 2. The Morgan fingerprint density at radius 3 is 2.42 bits per heavy atom. The summed E-state index contributed by atoms with van der Waals surface area (Å²) in [6.07, 6.45) is -7.53. The van der Waals surface area contributed by atoms with Crippen molar-refractivity contribution in [2.45, 2.75) is 44.7 Å². The zero-order valence-electron chi connectivity index (χ0n) is 18.8. The first-order valence-electron chi connectivity index (χ1n) is 11.1. The lowest BCUT2D eigenvalue weighted by Gasteiger charge is -2.37. The van der Waals surface area contributed by atoms with Gasteiger partial charge in [-0.3, -0.25) is 0 Å². The maximum absolute atomic E-state index is 13.1. The van der Waals surface area contributed by atoms with E-state index in [0.717, 1.165) is 25.0 Å². The summed E-state index contributed by atoms with van der Waals surface area (Å²) in [5, 5.41) is 14.9. The van der Waals surface area contributed by atoms with Crippen LogP contribution < -0.4 is 15.0 Å². The number of alkyl halides is 6. The number of nitrogens with zero attached hydrogens (tertiary/aromatic N) is 6. The molecule has 194 valence electrons. The van der Waals surface area contributed by atoms with Crippen molar-refractivity contribution in [2.24, 2.45) is 11.8 Å². The lowest BCUT2D eigenvalue weighted by Crippen LogP contribution is -2.48. The highest BCUT2D eigenvalue weighted by atomic mass is 19.4. The molecule has 5 rings (SSSR count). The van der Waals surface area contributed by atoms with Crippen LogP contribution in [0.25, 0.3) is 0 Å². The number of nitrogens with one attached hydrogen (secondary N) is 1. The van der Waals surface area contributed by atoms with E-state index in [1.54, 1.807) is 6.92 Å². The summed E-state index contributed by atoms with van der Waals surface area (Å²) in [5.74, 6) is 0.294. The highest BCUT2D eigenvalue weighted by Crippen LogP contribution is 2.40. The Hall–Kier alpha value is -3.52. The van der Waals surface area contributed by atoms with Gasteiger partial charge in [-0.1, -0.05) is 11.2 Å². The van der Waals surface area contributed by atoms with Crippen molar-refractivity contribution in [1.29, 1.82) is 0 Å². The second-order valence-corrected chi connectivity index (χ2v) is 8.89. The van der Waals surface area contributed by atoms with Crippen molar-refractivity contribution >= 4 is 12.0 Å². The molecule has 2 aliphatic rings. The molecule has 3 heterocycles. The molecule has 1 saturated heterocycles. The fourth-order valence-corrected chi connectivity index (χ4v) is 4.76. The number of halogens is 6. The average molecular weight is 517 g/mol. The number of piperidine rings is 1. The van der Waals surface area contributed by atoms with E-state index in [9.17, 15) is 26.3 Å². The molecule has 1 N–H and O–H groups in total. The number of aromatic nitrogens is 5. The summed E-state index contributed by atoms with van der Waals surface area (Å²) in [4.78, 5) is 6.02. The maximum atomic E-state index is 13.1. The van der Waals surface area contributed by atoms with E-state index in [1.165, 1.54) is 6.07 Å². The van der Waals surface area contributed by atoms with E-state index in [2.05, 4.69) is 25.6 Å². The molecular formula is C21H21F6N7O2. The second kappa shape index (κ2) is 8.85. The van der Waals surface area contributed by atoms with E-state index in [0.29, 0.717) is 35.7 Å². The Morgan fingerprint density at radius 1 is 1.08 bits per heavy atom. The average Bonchev–Trinajstić information content (AvgIpc) is 3.43. The molecule has 3 aromatic rings. The molecule has 0 spiro atoms. The maximum Gasteiger partial charge on any atom is 0.416 e. The van der Waals surface area contributed by atoms with Crippen LogP contribution in [-0.2, 0) is 12.7 Å². The molecular weight excluding hydrogens is 496 g/mol. The minimum absolute atomic E-state index is 0.0924. The van der Waals surface area contributed by atoms with Crippen LogP contribution >= 0.6 is 0 Å². The van der Waals surface area contributed by atoms with E-state index < -0.39 is 30.5 Å². The molecule has 1 aliphatic heterocycles. The summed E-state index contributed by atoms with van der Waals surface area (Å²) in [7, 11) is 0. The number of hydrogen-bond acceptors (Lipinski definition) is 8. The minimum Gasteiger partial charge on any atom is -0.424 e. The summed E-state index contributed by atoms with van der Waals surface area (Å²) in [6.45, 7) is 1.39. The van der Waals surface area contributed by atoms with Crippen molar-refractivity contribution in [3.63, 3.8) is 0 Å². The van der Waals surface area contributed by atoms with Crippen LogP contribution in [0.5, 0.6) is 11.8 Å². The van der Waals surface area contributed by atoms with Crippen molar-refractivity contribution in [3.05, 3.63) is 35.7 Å². The van der Waals surface area contributed by atoms with Crippen LogP contribution in [0, 0.1) is 18.8 Å². The van der Waals surface area contributed by atoms with Gasteiger partial charge in [0.25, 0.3) is 0 Å². The first-order chi connectivity index (χ1) is 16.9. The Labute approximate surface area is 200 Å². The topological polar surface area (TPSA) is 94.1 Å². The molecule has 1 aliphatic carbocycles. The van der Waals surface area contributed by atoms with Crippen molar-refractivity contribution < 1.29 is 35.5 Å². The first kappa shape index (κ1) is 24.2. The van der Waals surface area contributed by atoms with E-state index in [4.69, 9.17) is 9.15 Å². The van der Waals surface area contributed by atoms with Gasteiger partial charge in [0, 0.05) is 26.1 Å². The molecule has 2 fully saturated rings. The van der Waals surface area contributed by atoms with Gasteiger partial charge < -0.3 is 19.4 Å². The number of ether oxygens (including phenoxy) is 1. The lowest BCUT2D eigenvalue weighted by atomic mass is 9.92. The second-order valence-electron chi connectivity index (χ2n) is 8.89. The molecule has 0 unspecified atom stereocenters. The van der Waals surface area contributed by atoms with Crippen LogP contribution in [0.15, 0.2) is 28.7 Å². The summed E-state index contributed by atoms with van der Waals surface area (Å²) in [6, 6.07) is 3.55. The van der Waals surface area contributed by atoms with Crippen LogP contribution in [0.1, 0.15) is 24.3 Å². The quantitative estimate of drug-likeness (QED) is 0.472. The highest BCUT2D eigenvalue weighted by molar-refractivity contribution is 5.36. The summed E-state index contributed by atoms with van der Waals surface area (Å²) in [5.41, 5.74) is -1.000. The van der Waals surface area contributed by atoms with E-state index in [1.807, 2.05) is 4.90 Å². The van der Waals surface area contributed by atoms with Crippen LogP contribution in [0.2, 0.25) is 0 Å². The Bertz CT molecular complexity index is 1210. The lowest BCUT2D eigenvalue weighted by molar-refractivity contribution is -0.143. The standard InChI is InChI=1S/C21H21F6N7O2/c1-11-30-31-19(35-11)33-8-12-5-6-13(9-33)16(12)28-17-29-18(34(32-17)10-20(22,23)24)36-15-4-2-3-14(7-15)21(25,26)27/h2-4,7,12-13,16H,5-6,8-10H2,1H3,(H,28,32)/t12-,13+,16+. The number of rotatable bonds is 6. The van der Waals surface area contributed by atoms with Gasteiger partial charge >= 0.3 is 24.4 Å². The molecule has 2 aromatic heterocycles. The largest absolute Gasteiger partial charge is 0.424 e. The SMILES string of the molecule is Cc1nnc(N2C[C@H]3CC[C@@H](C2)[C@H]3Nc2nc(Oc3cccc(C(F)(F)F)c3)n(CC(F)(F)F)n2)o1. The highest BCUT2D eigenvalue weighted by Gasteiger charge is 2.44. The fourth-order valence-electron chi connectivity index (χ4n) is 4.76. The first-order valence-corrected chi connectivity index (χ1v) is 11.1. The van der Waals surface area contributed by atoms with Crippen LogP contribution in [0.3, 0.4) is 0 Å². The molecule has 1 saturated carbocycles. The van der Waals surface area contributed by atoms with Gasteiger partial charge in [0.15, 0.2) is 0 Å². The van der Waals surface area contributed by atoms with E-state index in [-0.39, 0.29) is 29.6 Å². The zero-order chi connectivity index (χ0) is 25.7. The van der Waals surface area contributed by atoms with Gasteiger partial charge in [0.05, 0.1) is 5.56 Å². The molecule has 36 heavy (non-hydrogen) atoms. The van der Waals surface area contributed by atoms with Gasteiger partial charge in [-0.05, 0) is 42.9 Å². The third kappa shape index (κ3) is 5.18. The van der Waals surface area contributed by atoms with Gasteiger partial charge in [0.2, 0.25) is 11.8 Å². The van der Waals surface area contributed by atoms with Crippen molar-refractivity contribution in [1.82, 2.24) is 25.0 Å². The van der Waals surface area contributed by atoms with E-state index >= 15 is 0 Å². The van der Waals surface area contributed by atoms with Gasteiger partial charge in [0.1, 0.15) is 12.3 Å². The number of benzene rings is 1. The number of hydrogen-bond donors (Lipinski definition) is 1. The van der Waals surface area contributed by atoms with Crippen LogP contribution in [-0.4, -0.2) is 50.3 Å². The number of anilines is 2. The molecule has 15 heteroatoms. The Morgan fingerprint density at radius 2 is 1.81 bits per heavy atom. The number of aryl methyl sites for hydroxylation is 1. The third-order valence-electron chi connectivity index (χ3n) is 6.25. The molecule has 0 amide bonds. The fraction of sp³-hybridized carbons (Fsp3) is 0.524. The van der Waals surface area contributed by atoms with Crippen LogP contribution in [0.4, 0.5) is 38.3 Å². The normalized spacial score (nSPS) is 22.2. The zero-order valence-corrected chi connectivity index (χ0v) is 18.8. The molecule has 1 aromatic carbocycles. The molecule has 9 nitrogen and oxygen atoms in total. The predicted octanol–water partition coefficient (Wildman–Crippen LogP) is 4.67. The van der Waals surface area contributed by atoms with Gasteiger partial charge in [-0.2, -0.15) is 31.3 Å². The molecule has 2 bridgehead atoms. The summed E-state index contributed by atoms with van der Waals surface area (Å²) < 4.78 is 89.8. The van der Waals surface area contributed by atoms with Crippen molar-refractivity contribution in [2.75, 3.05) is 23.3 Å². The van der Waals surface area contributed by atoms with Gasteiger partial charge in [-0.15, -0.1) is 10.2 Å². The molecule has 0 radical (unpaired) electrons. The minimum atomic E-state index is -4.65. The predicted molar refractivity (Wildman–Crippen MR) is 112 cm³/mol. The Balaban J connectivity index is 1.35. The molecule has 3 atom stereocenters. The van der Waals surface area contributed by atoms with Gasteiger partial charge in [-0.25, -0.2) is 4.68 Å². The van der Waals surface area contributed by atoms with Crippen molar-refractivity contribution in [3.8, 4) is 11.8 Å². The smallest absolute Gasteiger partial charge is 0.416 e. The third-order valence-corrected chi connectivity index (χ3v) is 6.25. The summed E-state index contributed by atoms with van der Waals surface area (Å²) >= 11 is 0.